The molecule has 0 amide bonds. The summed E-state index contributed by atoms with van der Waals surface area (Å²) in [6, 6.07) is 0. The third-order valence-corrected chi connectivity index (χ3v) is 2.75. The number of carboxylic acid groups (broad SMARTS) is 1. The van der Waals surface area contributed by atoms with Crippen molar-refractivity contribution in [1.82, 2.24) is 0 Å². The molecule has 1 saturated carbocycles. The topological polar surface area (TPSA) is 37.3 Å². The zero-order chi connectivity index (χ0) is 8.43. The first-order chi connectivity index (χ1) is 5.11. The highest BCUT2D eigenvalue weighted by atomic mass is 27.0. The summed E-state index contributed by atoms with van der Waals surface area (Å²) in [5.41, 5.74) is 0. The maximum absolute atomic E-state index is 10.7. The highest BCUT2D eigenvalue weighted by Gasteiger charge is 2.30. The lowest BCUT2D eigenvalue weighted by atomic mass is 9.76. The summed E-state index contributed by atoms with van der Waals surface area (Å²) < 4.78 is 0. The number of rotatable bonds is 1. The van der Waals surface area contributed by atoms with Crippen LogP contribution in [0.1, 0.15) is 33.1 Å². The second-order valence-electron chi connectivity index (χ2n) is 3.84. The van der Waals surface area contributed by atoms with Crippen molar-refractivity contribution in [2.24, 2.45) is 17.8 Å². The minimum Gasteiger partial charge on any atom is -0.481 e. The molecule has 0 radical (unpaired) electrons. The van der Waals surface area contributed by atoms with Crippen molar-refractivity contribution in [3.8, 4) is 0 Å². The lowest BCUT2D eigenvalue weighted by Crippen LogP contribution is -2.27. The Morgan fingerprint density at radius 1 is 1.33 bits per heavy atom. The van der Waals surface area contributed by atoms with Gasteiger partial charge in [0.1, 0.15) is 0 Å². The smallest absolute Gasteiger partial charge is 0.306 e. The van der Waals surface area contributed by atoms with Gasteiger partial charge in [0.05, 0.1) is 5.92 Å². The molecule has 0 heterocycles. The van der Waals surface area contributed by atoms with E-state index in [1.807, 2.05) is 0 Å². The molecule has 2 nitrogen and oxygen atoms in total. The molecule has 0 spiro atoms. The predicted molar refractivity (Wildman–Crippen MR) is 53.2 cm³/mol. The molecule has 12 heavy (non-hydrogen) atoms. The molecular formula is C9H19AlO2. The molecule has 3 atom stereocenters. The third-order valence-electron chi connectivity index (χ3n) is 2.75. The van der Waals surface area contributed by atoms with Gasteiger partial charge < -0.3 is 5.11 Å². The molecule has 0 aromatic heterocycles. The van der Waals surface area contributed by atoms with E-state index in [2.05, 4.69) is 13.8 Å². The van der Waals surface area contributed by atoms with E-state index in [4.69, 9.17) is 5.11 Å². The molecule has 0 aliphatic heterocycles. The maximum Gasteiger partial charge on any atom is 0.306 e. The average Bonchev–Trinajstić information content (AvgIpc) is 1.85. The molecular weight excluding hydrogens is 167 g/mol. The summed E-state index contributed by atoms with van der Waals surface area (Å²) in [6.07, 6.45) is 3.04. The van der Waals surface area contributed by atoms with E-state index in [1.54, 1.807) is 0 Å². The lowest BCUT2D eigenvalue weighted by molar-refractivity contribution is -0.145. The van der Waals surface area contributed by atoms with Gasteiger partial charge in [0.25, 0.3) is 0 Å². The van der Waals surface area contributed by atoms with E-state index in [0.717, 1.165) is 25.2 Å². The van der Waals surface area contributed by atoms with Crippen molar-refractivity contribution in [2.75, 3.05) is 0 Å². The third kappa shape index (κ3) is 2.80. The first kappa shape index (κ1) is 12.0. The summed E-state index contributed by atoms with van der Waals surface area (Å²) in [4.78, 5) is 10.7. The van der Waals surface area contributed by atoms with Crippen LogP contribution in [0.2, 0.25) is 0 Å². The van der Waals surface area contributed by atoms with Crippen LogP contribution in [-0.4, -0.2) is 28.4 Å². The van der Waals surface area contributed by atoms with Crippen molar-refractivity contribution < 1.29 is 9.90 Å². The molecule has 3 heteroatoms. The second-order valence-corrected chi connectivity index (χ2v) is 3.84. The Kier molecular flexibility index (Phi) is 4.89. The molecule has 0 bridgehead atoms. The van der Waals surface area contributed by atoms with E-state index in [1.165, 1.54) is 0 Å². The van der Waals surface area contributed by atoms with Crippen LogP contribution >= 0.6 is 0 Å². The lowest BCUT2D eigenvalue weighted by Gasteiger charge is -2.29. The summed E-state index contributed by atoms with van der Waals surface area (Å²) >= 11 is 0. The van der Waals surface area contributed by atoms with Gasteiger partial charge in [-0.25, -0.2) is 0 Å². The van der Waals surface area contributed by atoms with Crippen LogP contribution in [0.5, 0.6) is 0 Å². The van der Waals surface area contributed by atoms with Crippen molar-refractivity contribution in [3.63, 3.8) is 0 Å². The molecule has 3 unspecified atom stereocenters. The van der Waals surface area contributed by atoms with E-state index < -0.39 is 5.97 Å². The molecule has 1 N–H and O–H groups in total. The van der Waals surface area contributed by atoms with E-state index in [0.29, 0.717) is 5.92 Å². The largest absolute Gasteiger partial charge is 0.481 e. The van der Waals surface area contributed by atoms with Crippen molar-refractivity contribution in [1.29, 1.82) is 0 Å². The second kappa shape index (κ2) is 4.89. The number of aliphatic carboxylic acids is 1. The van der Waals surface area contributed by atoms with Gasteiger partial charge in [0.15, 0.2) is 17.4 Å². The van der Waals surface area contributed by atoms with Crippen molar-refractivity contribution in [3.05, 3.63) is 0 Å². The quantitative estimate of drug-likeness (QED) is 0.619. The Morgan fingerprint density at radius 2 is 1.92 bits per heavy atom. The summed E-state index contributed by atoms with van der Waals surface area (Å²) in [5, 5.41) is 8.79. The van der Waals surface area contributed by atoms with E-state index >= 15 is 0 Å². The first-order valence-corrected chi connectivity index (χ1v) is 4.34. The SMILES string of the molecule is CC1CCC(C(=O)O)C(C)C1.[AlH3]. The van der Waals surface area contributed by atoms with Crippen molar-refractivity contribution in [2.45, 2.75) is 33.1 Å². The fraction of sp³-hybridized carbons (Fsp3) is 0.889. The highest BCUT2D eigenvalue weighted by Crippen LogP contribution is 2.33. The zero-order valence-electron chi connectivity index (χ0n) is 7.21. The number of hydrogen-bond acceptors (Lipinski definition) is 1. The van der Waals surface area contributed by atoms with Crippen LogP contribution in [0.4, 0.5) is 0 Å². The fourth-order valence-corrected chi connectivity index (χ4v) is 2.03. The molecule has 0 aromatic carbocycles. The Morgan fingerprint density at radius 3 is 2.33 bits per heavy atom. The Bertz CT molecular complexity index is 159. The zero-order valence-corrected chi connectivity index (χ0v) is 7.21. The van der Waals surface area contributed by atoms with Crippen LogP contribution in [0.25, 0.3) is 0 Å². The van der Waals surface area contributed by atoms with Gasteiger partial charge in [-0.15, -0.1) is 0 Å². The van der Waals surface area contributed by atoms with Crippen molar-refractivity contribution >= 4 is 23.3 Å². The molecule has 0 saturated heterocycles. The number of carboxylic acids is 1. The van der Waals surface area contributed by atoms with Crippen LogP contribution in [0.15, 0.2) is 0 Å². The molecule has 1 fully saturated rings. The van der Waals surface area contributed by atoms with Crippen LogP contribution in [-0.2, 0) is 4.79 Å². The summed E-state index contributed by atoms with van der Waals surface area (Å²) in [7, 11) is 0. The van der Waals surface area contributed by atoms with Gasteiger partial charge in [-0.1, -0.05) is 13.8 Å². The number of carbonyl (C=O) groups is 1. The van der Waals surface area contributed by atoms with Crippen LogP contribution in [0.3, 0.4) is 0 Å². The fourth-order valence-electron chi connectivity index (χ4n) is 2.03. The normalized spacial score (nSPS) is 35.3. The predicted octanol–water partition coefficient (Wildman–Crippen LogP) is 0.959. The first-order valence-electron chi connectivity index (χ1n) is 4.34. The van der Waals surface area contributed by atoms with Gasteiger partial charge in [-0.3, -0.25) is 4.79 Å². The molecule has 1 rings (SSSR count). The highest BCUT2D eigenvalue weighted by molar-refractivity contribution is 5.75. The standard InChI is InChI=1S/C9H16O2.Al.3H/c1-6-3-4-8(9(10)11)7(2)5-6;;;;/h6-8H,3-5H2,1-2H3,(H,10,11);;;;. The van der Waals surface area contributed by atoms with Gasteiger partial charge in [-0.2, -0.15) is 0 Å². The van der Waals surface area contributed by atoms with Gasteiger partial charge in [0.2, 0.25) is 0 Å². The maximum atomic E-state index is 10.7. The van der Waals surface area contributed by atoms with E-state index in [9.17, 15) is 4.79 Å². The van der Waals surface area contributed by atoms with Gasteiger partial charge >= 0.3 is 5.97 Å². The average molecular weight is 186 g/mol. The van der Waals surface area contributed by atoms with Gasteiger partial charge in [0, 0.05) is 0 Å². The molecule has 70 valence electrons. The van der Waals surface area contributed by atoms with E-state index in [-0.39, 0.29) is 23.3 Å². The molecule has 1 aliphatic rings. The van der Waals surface area contributed by atoms with Gasteiger partial charge in [-0.05, 0) is 31.1 Å². The Balaban J connectivity index is 0.00000121. The van der Waals surface area contributed by atoms with Crippen LogP contribution < -0.4 is 0 Å². The van der Waals surface area contributed by atoms with Crippen LogP contribution in [0, 0.1) is 17.8 Å². The molecule has 0 aromatic rings. The Labute approximate surface area is 84.5 Å². The minimum absolute atomic E-state index is 0. The monoisotopic (exact) mass is 186 g/mol. The molecule has 1 aliphatic carbocycles. The Hall–Kier alpha value is 0.00247. The summed E-state index contributed by atoms with van der Waals surface area (Å²) in [5.74, 6) is 0.410. The number of hydrogen-bond donors (Lipinski definition) is 1. The minimum atomic E-state index is -0.607. The summed E-state index contributed by atoms with van der Waals surface area (Å²) in [6.45, 7) is 4.25.